The predicted molar refractivity (Wildman–Crippen MR) is 65.8 cm³/mol. The van der Waals surface area contributed by atoms with Crippen molar-refractivity contribution in [3.8, 4) is 0 Å². The summed E-state index contributed by atoms with van der Waals surface area (Å²) in [6, 6.07) is 2.25. The van der Waals surface area contributed by atoms with E-state index >= 15 is 0 Å². The Kier molecular flexibility index (Phi) is 4.19. The van der Waals surface area contributed by atoms with Gasteiger partial charge in [0.05, 0.1) is 18.8 Å². The lowest BCUT2D eigenvalue weighted by Crippen LogP contribution is -2.11. The summed E-state index contributed by atoms with van der Waals surface area (Å²) in [5.41, 5.74) is 0.883. The molecule has 2 aromatic rings. The molecule has 0 aromatic carbocycles. The number of anilines is 1. The van der Waals surface area contributed by atoms with Gasteiger partial charge in [-0.15, -0.1) is 5.10 Å². The monoisotopic (exact) mass is 248 g/mol. The molecule has 0 fully saturated rings. The second-order valence-corrected chi connectivity index (χ2v) is 3.73. The molecule has 2 heterocycles. The Labute approximate surface area is 105 Å². The van der Waals surface area contributed by atoms with Gasteiger partial charge in [0.2, 0.25) is 5.89 Å². The van der Waals surface area contributed by atoms with E-state index in [4.69, 9.17) is 4.42 Å². The number of hydrogen-bond acceptors (Lipinski definition) is 7. The molecule has 7 heteroatoms. The fourth-order valence-electron chi connectivity index (χ4n) is 1.40. The largest absolute Gasteiger partial charge is 0.407 e. The van der Waals surface area contributed by atoms with Gasteiger partial charge in [0, 0.05) is 6.20 Å². The van der Waals surface area contributed by atoms with Crippen molar-refractivity contribution in [3.63, 3.8) is 0 Å². The maximum atomic E-state index is 5.40. The molecule has 0 unspecified atom stereocenters. The third-order valence-electron chi connectivity index (χ3n) is 2.25. The quantitative estimate of drug-likeness (QED) is 0.784. The van der Waals surface area contributed by atoms with Gasteiger partial charge in [-0.3, -0.25) is 0 Å². The molecule has 0 atom stereocenters. The summed E-state index contributed by atoms with van der Waals surface area (Å²) in [6.45, 7) is 5.85. The summed E-state index contributed by atoms with van der Waals surface area (Å²) in [5.74, 6) is 1.31. The smallest absolute Gasteiger partial charge is 0.315 e. The van der Waals surface area contributed by atoms with E-state index in [2.05, 4.69) is 30.8 Å². The Balaban J connectivity index is 1.88. The maximum Gasteiger partial charge on any atom is 0.315 e. The molecule has 0 bridgehead atoms. The third-order valence-corrected chi connectivity index (χ3v) is 2.25. The van der Waals surface area contributed by atoms with Gasteiger partial charge in [0.15, 0.2) is 0 Å². The summed E-state index contributed by atoms with van der Waals surface area (Å²) < 4.78 is 5.40. The van der Waals surface area contributed by atoms with Crippen molar-refractivity contribution in [1.29, 1.82) is 0 Å². The molecule has 0 saturated carbocycles. The molecule has 2 rings (SSSR count). The highest BCUT2D eigenvalue weighted by Gasteiger charge is 2.05. The van der Waals surface area contributed by atoms with E-state index in [0.717, 1.165) is 18.1 Å². The molecule has 96 valence electrons. The number of aromatic nitrogens is 4. The Hall–Kier alpha value is -2.02. The van der Waals surface area contributed by atoms with Crippen molar-refractivity contribution in [2.45, 2.75) is 26.9 Å². The van der Waals surface area contributed by atoms with E-state index in [1.54, 1.807) is 6.20 Å². The highest BCUT2D eigenvalue weighted by Crippen LogP contribution is 2.06. The first kappa shape index (κ1) is 12.4. The fourth-order valence-corrected chi connectivity index (χ4v) is 1.40. The van der Waals surface area contributed by atoms with E-state index in [0.29, 0.717) is 25.0 Å². The van der Waals surface area contributed by atoms with Gasteiger partial charge in [-0.05, 0) is 19.5 Å². The molecule has 0 aliphatic carbocycles. The zero-order chi connectivity index (χ0) is 12.8. The molecule has 0 saturated heterocycles. The van der Waals surface area contributed by atoms with Gasteiger partial charge >= 0.3 is 6.01 Å². The average Bonchev–Trinajstić information content (AvgIpc) is 2.82. The first-order valence-electron chi connectivity index (χ1n) is 5.83. The third kappa shape index (κ3) is 3.49. The van der Waals surface area contributed by atoms with Crippen molar-refractivity contribution in [2.24, 2.45) is 0 Å². The summed E-state index contributed by atoms with van der Waals surface area (Å²) in [6.07, 6.45) is 1.73. The molecule has 0 amide bonds. The standard InChI is InChI=1S/C11H16N6O/c1-3-12-7-10-16-17-11(18-10)14-6-9-4-5-13-8(2)15-9/h4-5,12H,3,6-7H2,1-2H3,(H,14,17). The zero-order valence-electron chi connectivity index (χ0n) is 10.5. The summed E-state index contributed by atoms with van der Waals surface area (Å²) in [7, 11) is 0. The summed E-state index contributed by atoms with van der Waals surface area (Å²) in [5, 5.41) is 13.9. The number of nitrogens with one attached hydrogen (secondary N) is 2. The van der Waals surface area contributed by atoms with Gasteiger partial charge in [-0.25, -0.2) is 9.97 Å². The van der Waals surface area contributed by atoms with E-state index in [9.17, 15) is 0 Å². The topological polar surface area (TPSA) is 88.8 Å². The highest BCUT2D eigenvalue weighted by atomic mass is 16.4. The maximum absolute atomic E-state index is 5.40. The molecule has 0 spiro atoms. The lowest BCUT2D eigenvalue weighted by Gasteiger charge is -2.01. The van der Waals surface area contributed by atoms with Crippen molar-refractivity contribution in [3.05, 3.63) is 29.7 Å². The summed E-state index contributed by atoms with van der Waals surface area (Å²) >= 11 is 0. The van der Waals surface area contributed by atoms with Crippen LogP contribution in [0.25, 0.3) is 0 Å². The molecule has 0 aliphatic heterocycles. The van der Waals surface area contributed by atoms with Crippen LogP contribution >= 0.6 is 0 Å². The molecule has 2 N–H and O–H groups in total. The molecular weight excluding hydrogens is 232 g/mol. The van der Waals surface area contributed by atoms with E-state index in [-0.39, 0.29) is 0 Å². The minimum Gasteiger partial charge on any atom is -0.407 e. The predicted octanol–water partition coefficient (Wildman–Crippen LogP) is 0.890. The second-order valence-electron chi connectivity index (χ2n) is 3.73. The Bertz CT molecular complexity index is 498. The molecule has 7 nitrogen and oxygen atoms in total. The van der Waals surface area contributed by atoms with Crippen LogP contribution in [-0.4, -0.2) is 26.7 Å². The molecular formula is C11H16N6O. The van der Waals surface area contributed by atoms with Crippen LogP contribution < -0.4 is 10.6 Å². The van der Waals surface area contributed by atoms with Crippen LogP contribution in [0.3, 0.4) is 0 Å². The average molecular weight is 248 g/mol. The van der Waals surface area contributed by atoms with Crippen LogP contribution in [0.4, 0.5) is 6.01 Å². The number of hydrogen-bond donors (Lipinski definition) is 2. The minimum atomic E-state index is 0.402. The molecule has 2 aromatic heterocycles. The normalized spacial score (nSPS) is 10.6. The van der Waals surface area contributed by atoms with Crippen molar-refractivity contribution in [2.75, 3.05) is 11.9 Å². The van der Waals surface area contributed by atoms with Gasteiger partial charge in [-0.1, -0.05) is 12.0 Å². The minimum absolute atomic E-state index is 0.402. The first-order chi connectivity index (χ1) is 8.78. The lowest BCUT2D eigenvalue weighted by molar-refractivity contribution is 0.481. The number of aryl methyl sites for hydroxylation is 1. The first-order valence-corrected chi connectivity index (χ1v) is 5.83. The Morgan fingerprint density at radius 2 is 2.17 bits per heavy atom. The lowest BCUT2D eigenvalue weighted by atomic mass is 10.4. The van der Waals surface area contributed by atoms with E-state index in [1.807, 2.05) is 19.9 Å². The van der Waals surface area contributed by atoms with Crippen LogP contribution in [0.2, 0.25) is 0 Å². The summed E-state index contributed by atoms with van der Waals surface area (Å²) in [4.78, 5) is 8.30. The SMILES string of the molecule is CCNCc1nnc(NCc2ccnc(C)n2)o1. The van der Waals surface area contributed by atoms with Crippen LogP contribution in [0, 0.1) is 6.92 Å². The second kappa shape index (κ2) is 6.06. The molecule has 0 aliphatic rings. The van der Waals surface area contributed by atoms with Crippen LogP contribution in [0.1, 0.15) is 24.3 Å². The zero-order valence-corrected chi connectivity index (χ0v) is 10.5. The number of nitrogens with zero attached hydrogens (tertiary/aromatic N) is 4. The van der Waals surface area contributed by atoms with Crippen molar-refractivity contribution >= 4 is 6.01 Å². The van der Waals surface area contributed by atoms with Crippen LogP contribution in [0.5, 0.6) is 0 Å². The van der Waals surface area contributed by atoms with Gasteiger partial charge in [0.25, 0.3) is 0 Å². The van der Waals surface area contributed by atoms with Crippen LogP contribution in [-0.2, 0) is 13.1 Å². The van der Waals surface area contributed by atoms with Crippen LogP contribution in [0.15, 0.2) is 16.7 Å². The fraction of sp³-hybridized carbons (Fsp3) is 0.455. The van der Waals surface area contributed by atoms with Gasteiger partial charge < -0.3 is 15.1 Å². The highest BCUT2D eigenvalue weighted by molar-refractivity contribution is 5.19. The van der Waals surface area contributed by atoms with Crippen molar-refractivity contribution < 1.29 is 4.42 Å². The van der Waals surface area contributed by atoms with E-state index in [1.165, 1.54) is 0 Å². The van der Waals surface area contributed by atoms with E-state index < -0.39 is 0 Å². The van der Waals surface area contributed by atoms with Crippen molar-refractivity contribution in [1.82, 2.24) is 25.5 Å². The number of rotatable bonds is 6. The molecule has 0 radical (unpaired) electrons. The van der Waals surface area contributed by atoms with Gasteiger partial charge in [0.1, 0.15) is 5.82 Å². The molecule has 18 heavy (non-hydrogen) atoms. The Morgan fingerprint density at radius 3 is 2.94 bits per heavy atom. The van der Waals surface area contributed by atoms with Gasteiger partial charge in [-0.2, -0.15) is 0 Å². The Morgan fingerprint density at radius 1 is 1.28 bits per heavy atom.